The molecular weight excluding hydrogens is 326 g/mol. The molecule has 0 aliphatic heterocycles. The molecule has 0 spiro atoms. The highest BCUT2D eigenvalue weighted by molar-refractivity contribution is 7.10. The topological polar surface area (TPSA) is 71.7 Å². The first-order chi connectivity index (χ1) is 11.6. The minimum absolute atomic E-state index is 0.0178. The molecule has 6 heteroatoms. The van der Waals surface area contributed by atoms with Crippen LogP contribution in [0.2, 0.25) is 0 Å². The SMILES string of the molecule is COc1ccccc1C(=O)NCC(O)(c1ccoc1)c1cccs1. The lowest BCUT2D eigenvalue weighted by atomic mass is 9.94. The molecule has 3 rings (SSSR count). The van der Waals surface area contributed by atoms with Crippen molar-refractivity contribution in [3.8, 4) is 5.75 Å². The van der Waals surface area contributed by atoms with Gasteiger partial charge in [0.15, 0.2) is 0 Å². The molecule has 3 aromatic rings. The molecule has 0 bridgehead atoms. The van der Waals surface area contributed by atoms with Crippen LogP contribution in [0.3, 0.4) is 0 Å². The Kier molecular flexibility index (Phi) is 4.69. The average molecular weight is 343 g/mol. The number of methoxy groups -OCH3 is 1. The molecule has 0 fully saturated rings. The van der Waals surface area contributed by atoms with Gasteiger partial charge in [-0.2, -0.15) is 0 Å². The second kappa shape index (κ2) is 6.90. The molecule has 2 aromatic heterocycles. The van der Waals surface area contributed by atoms with E-state index in [4.69, 9.17) is 9.15 Å². The number of hydrogen-bond donors (Lipinski definition) is 2. The fourth-order valence-corrected chi connectivity index (χ4v) is 3.33. The largest absolute Gasteiger partial charge is 0.496 e. The molecule has 0 saturated heterocycles. The summed E-state index contributed by atoms with van der Waals surface area (Å²) in [5, 5.41) is 15.8. The van der Waals surface area contributed by atoms with Crippen LogP contribution >= 0.6 is 11.3 Å². The fourth-order valence-electron chi connectivity index (χ4n) is 2.48. The minimum Gasteiger partial charge on any atom is -0.496 e. The molecule has 5 nitrogen and oxygen atoms in total. The van der Waals surface area contributed by atoms with Gasteiger partial charge in [-0.3, -0.25) is 4.79 Å². The van der Waals surface area contributed by atoms with E-state index in [0.29, 0.717) is 16.9 Å². The first-order valence-electron chi connectivity index (χ1n) is 7.35. The summed E-state index contributed by atoms with van der Waals surface area (Å²) in [6.07, 6.45) is 2.98. The van der Waals surface area contributed by atoms with Crippen LogP contribution in [0.5, 0.6) is 5.75 Å². The Morgan fingerprint density at radius 1 is 1.29 bits per heavy atom. The molecule has 0 radical (unpaired) electrons. The number of aliphatic hydroxyl groups is 1. The van der Waals surface area contributed by atoms with Crippen LogP contribution in [-0.2, 0) is 5.60 Å². The highest BCUT2D eigenvalue weighted by atomic mass is 32.1. The van der Waals surface area contributed by atoms with E-state index in [0.717, 1.165) is 4.88 Å². The third kappa shape index (κ3) is 3.06. The molecule has 2 heterocycles. The Balaban J connectivity index is 1.83. The molecule has 124 valence electrons. The highest BCUT2D eigenvalue weighted by Gasteiger charge is 2.34. The second-order valence-corrected chi connectivity index (χ2v) is 6.18. The predicted molar refractivity (Wildman–Crippen MR) is 91.4 cm³/mol. The van der Waals surface area contributed by atoms with E-state index in [9.17, 15) is 9.90 Å². The molecule has 1 amide bonds. The molecule has 0 aliphatic rings. The maximum atomic E-state index is 12.5. The van der Waals surface area contributed by atoms with Gasteiger partial charge in [-0.25, -0.2) is 0 Å². The molecule has 0 aliphatic carbocycles. The number of amides is 1. The van der Waals surface area contributed by atoms with E-state index < -0.39 is 5.60 Å². The Hall–Kier alpha value is -2.57. The van der Waals surface area contributed by atoms with Crippen LogP contribution in [0.1, 0.15) is 20.8 Å². The van der Waals surface area contributed by atoms with Crippen molar-refractivity contribution >= 4 is 17.2 Å². The van der Waals surface area contributed by atoms with Gasteiger partial charge in [-0.05, 0) is 29.6 Å². The molecule has 24 heavy (non-hydrogen) atoms. The number of thiophene rings is 1. The Morgan fingerprint density at radius 3 is 2.79 bits per heavy atom. The predicted octanol–water partition coefficient (Wildman–Crippen LogP) is 3.02. The summed E-state index contributed by atoms with van der Waals surface area (Å²) in [4.78, 5) is 13.2. The van der Waals surface area contributed by atoms with Crippen LogP contribution in [-0.4, -0.2) is 24.7 Å². The lowest BCUT2D eigenvalue weighted by molar-refractivity contribution is 0.0712. The van der Waals surface area contributed by atoms with Crippen molar-refractivity contribution in [2.24, 2.45) is 0 Å². The van der Waals surface area contributed by atoms with Crippen molar-refractivity contribution in [1.29, 1.82) is 0 Å². The quantitative estimate of drug-likeness (QED) is 0.722. The van der Waals surface area contributed by atoms with Crippen molar-refractivity contribution < 1.29 is 19.1 Å². The first-order valence-corrected chi connectivity index (χ1v) is 8.23. The van der Waals surface area contributed by atoms with E-state index >= 15 is 0 Å². The normalized spacial score (nSPS) is 13.2. The van der Waals surface area contributed by atoms with Gasteiger partial charge in [0.25, 0.3) is 5.91 Å². The second-order valence-electron chi connectivity index (χ2n) is 5.23. The van der Waals surface area contributed by atoms with Gasteiger partial charge in [0.05, 0.1) is 31.7 Å². The summed E-state index contributed by atoms with van der Waals surface area (Å²) in [7, 11) is 1.51. The molecule has 2 N–H and O–H groups in total. The van der Waals surface area contributed by atoms with E-state index in [1.807, 2.05) is 17.5 Å². The Morgan fingerprint density at radius 2 is 2.12 bits per heavy atom. The number of carbonyl (C=O) groups excluding carboxylic acids is 1. The van der Waals surface area contributed by atoms with Gasteiger partial charge in [0, 0.05) is 10.4 Å². The van der Waals surface area contributed by atoms with Gasteiger partial charge < -0.3 is 19.6 Å². The standard InChI is InChI=1S/C18H17NO4S/c1-22-15-6-3-2-5-14(15)17(20)19-12-18(21,13-8-9-23-11-13)16-7-4-10-24-16/h2-11,21H,12H2,1H3,(H,19,20). The average Bonchev–Trinajstić information content (AvgIpc) is 3.33. The smallest absolute Gasteiger partial charge is 0.255 e. The van der Waals surface area contributed by atoms with Crippen molar-refractivity contribution in [2.45, 2.75) is 5.60 Å². The number of ether oxygens (including phenoxy) is 1. The van der Waals surface area contributed by atoms with Crippen LogP contribution in [0.4, 0.5) is 0 Å². The molecular formula is C18H17NO4S. The van der Waals surface area contributed by atoms with E-state index in [2.05, 4.69) is 5.32 Å². The summed E-state index contributed by atoms with van der Waals surface area (Å²) < 4.78 is 10.3. The third-order valence-corrected chi connectivity index (χ3v) is 4.80. The molecule has 1 unspecified atom stereocenters. The van der Waals surface area contributed by atoms with E-state index in [1.165, 1.54) is 31.0 Å². The number of carbonyl (C=O) groups is 1. The van der Waals surface area contributed by atoms with Gasteiger partial charge in [0.2, 0.25) is 0 Å². The van der Waals surface area contributed by atoms with Crippen molar-refractivity contribution in [2.75, 3.05) is 13.7 Å². The molecule has 1 atom stereocenters. The van der Waals surface area contributed by atoms with E-state index in [-0.39, 0.29) is 12.5 Å². The number of furan rings is 1. The van der Waals surface area contributed by atoms with Crippen molar-refractivity contribution in [3.05, 3.63) is 76.4 Å². The first kappa shape index (κ1) is 16.3. The Labute approximate surface area is 143 Å². The molecule has 0 saturated carbocycles. The third-order valence-electron chi connectivity index (χ3n) is 3.78. The Bertz CT molecular complexity index is 762. The summed E-state index contributed by atoms with van der Waals surface area (Å²) in [5.74, 6) is 0.170. The minimum atomic E-state index is -1.35. The number of rotatable bonds is 6. The number of hydrogen-bond acceptors (Lipinski definition) is 5. The highest BCUT2D eigenvalue weighted by Crippen LogP contribution is 2.32. The summed E-state index contributed by atoms with van der Waals surface area (Å²) in [6, 6.07) is 12.3. The lowest BCUT2D eigenvalue weighted by Gasteiger charge is -2.26. The summed E-state index contributed by atoms with van der Waals surface area (Å²) in [5.41, 5.74) is -0.343. The van der Waals surface area contributed by atoms with Crippen LogP contribution in [0.25, 0.3) is 0 Å². The summed E-state index contributed by atoms with van der Waals surface area (Å²) >= 11 is 1.42. The monoisotopic (exact) mass is 343 g/mol. The van der Waals surface area contributed by atoms with Crippen LogP contribution in [0.15, 0.2) is 64.8 Å². The fraction of sp³-hybridized carbons (Fsp3) is 0.167. The zero-order valence-corrected chi connectivity index (χ0v) is 13.9. The van der Waals surface area contributed by atoms with Crippen LogP contribution in [0, 0.1) is 0 Å². The zero-order chi connectivity index (χ0) is 17.0. The maximum Gasteiger partial charge on any atom is 0.255 e. The number of nitrogens with one attached hydrogen (secondary N) is 1. The van der Waals surface area contributed by atoms with Crippen molar-refractivity contribution in [3.63, 3.8) is 0 Å². The maximum absolute atomic E-state index is 12.5. The van der Waals surface area contributed by atoms with Gasteiger partial charge in [0.1, 0.15) is 11.4 Å². The lowest BCUT2D eigenvalue weighted by Crippen LogP contribution is -2.41. The van der Waals surface area contributed by atoms with Crippen molar-refractivity contribution in [1.82, 2.24) is 5.32 Å². The van der Waals surface area contributed by atoms with Gasteiger partial charge in [-0.1, -0.05) is 18.2 Å². The number of benzene rings is 1. The van der Waals surface area contributed by atoms with Gasteiger partial charge in [-0.15, -0.1) is 11.3 Å². The van der Waals surface area contributed by atoms with E-state index in [1.54, 1.807) is 30.3 Å². The number of para-hydroxylation sites is 1. The van der Waals surface area contributed by atoms with Crippen LogP contribution < -0.4 is 10.1 Å². The summed E-state index contributed by atoms with van der Waals surface area (Å²) in [6.45, 7) is 0.0178. The van der Waals surface area contributed by atoms with Gasteiger partial charge >= 0.3 is 0 Å². The zero-order valence-electron chi connectivity index (χ0n) is 13.1. The molecule has 1 aromatic carbocycles.